The average Bonchev–Trinajstić information content (AvgIpc) is 3.20. The van der Waals surface area contributed by atoms with Crippen LogP contribution in [0.2, 0.25) is 5.02 Å². The van der Waals surface area contributed by atoms with Crippen molar-refractivity contribution in [3.8, 4) is 0 Å². The molecule has 0 fully saturated rings. The molecule has 0 amide bonds. The fourth-order valence-corrected chi connectivity index (χ4v) is 4.80. The Morgan fingerprint density at radius 3 is 2.52 bits per heavy atom. The van der Waals surface area contributed by atoms with E-state index in [2.05, 4.69) is 20.5 Å². The SMILES string of the molecule is CCN(CC)S(=O)(=O)c1ccc(Nc2nc3ccc(Cl)cc3n3cnnc23)cc1. The van der Waals surface area contributed by atoms with Crippen LogP contribution in [0.5, 0.6) is 0 Å². The van der Waals surface area contributed by atoms with Gasteiger partial charge in [-0.1, -0.05) is 25.4 Å². The van der Waals surface area contributed by atoms with E-state index < -0.39 is 10.0 Å². The third-order valence-electron chi connectivity index (χ3n) is 4.65. The van der Waals surface area contributed by atoms with Gasteiger partial charge in [0.2, 0.25) is 15.7 Å². The van der Waals surface area contributed by atoms with Gasteiger partial charge in [0.05, 0.1) is 15.9 Å². The van der Waals surface area contributed by atoms with E-state index >= 15 is 0 Å². The van der Waals surface area contributed by atoms with Crippen LogP contribution < -0.4 is 5.32 Å². The lowest BCUT2D eigenvalue weighted by Gasteiger charge is -2.18. The number of hydrogen-bond donors (Lipinski definition) is 1. The van der Waals surface area contributed by atoms with E-state index in [1.54, 1.807) is 47.1 Å². The first-order chi connectivity index (χ1) is 13.9. The van der Waals surface area contributed by atoms with E-state index in [9.17, 15) is 8.42 Å². The van der Waals surface area contributed by atoms with Gasteiger partial charge in [0, 0.05) is 23.8 Å². The Bertz CT molecular complexity index is 1280. The molecule has 10 heteroatoms. The summed E-state index contributed by atoms with van der Waals surface area (Å²) in [6.45, 7) is 4.49. The standard InChI is InChI=1S/C19H19ClN6O2S/c1-3-25(4-2)29(27,28)15-8-6-14(7-9-15)22-18-19-24-21-12-26(19)17-11-13(20)5-10-16(17)23-18/h5-12H,3-4H2,1-2H3,(H,22,23). The van der Waals surface area contributed by atoms with Gasteiger partial charge in [0.25, 0.3) is 0 Å². The summed E-state index contributed by atoms with van der Waals surface area (Å²) in [6, 6.07) is 12.0. The predicted molar refractivity (Wildman–Crippen MR) is 113 cm³/mol. The largest absolute Gasteiger partial charge is 0.337 e. The Morgan fingerprint density at radius 2 is 1.83 bits per heavy atom. The first kappa shape index (κ1) is 19.6. The van der Waals surface area contributed by atoms with E-state index in [0.29, 0.717) is 35.3 Å². The molecule has 0 saturated heterocycles. The molecule has 4 aromatic rings. The molecular weight excluding hydrogens is 412 g/mol. The molecule has 0 atom stereocenters. The highest BCUT2D eigenvalue weighted by Crippen LogP contribution is 2.26. The number of hydrogen-bond acceptors (Lipinski definition) is 6. The number of nitrogens with one attached hydrogen (secondary N) is 1. The fraction of sp³-hybridized carbons (Fsp3) is 0.211. The number of benzene rings is 2. The van der Waals surface area contributed by atoms with E-state index in [0.717, 1.165) is 11.0 Å². The van der Waals surface area contributed by atoms with Crippen LogP contribution in [0.3, 0.4) is 0 Å². The van der Waals surface area contributed by atoms with Crippen molar-refractivity contribution in [2.75, 3.05) is 18.4 Å². The summed E-state index contributed by atoms with van der Waals surface area (Å²) in [7, 11) is -3.50. The van der Waals surface area contributed by atoms with Gasteiger partial charge in [0.15, 0.2) is 5.82 Å². The number of sulfonamides is 1. The molecule has 0 aliphatic heterocycles. The Balaban J connectivity index is 1.70. The second-order valence-electron chi connectivity index (χ2n) is 6.36. The maximum atomic E-state index is 12.6. The molecule has 0 saturated carbocycles. The lowest BCUT2D eigenvalue weighted by Crippen LogP contribution is -2.30. The lowest BCUT2D eigenvalue weighted by atomic mass is 10.3. The number of fused-ring (bicyclic) bond motifs is 3. The zero-order chi connectivity index (χ0) is 20.6. The molecular formula is C19H19ClN6O2S. The number of halogens is 1. The van der Waals surface area contributed by atoms with Gasteiger partial charge in [-0.2, -0.15) is 4.31 Å². The highest BCUT2D eigenvalue weighted by Gasteiger charge is 2.21. The highest BCUT2D eigenvalue weighted by atomic mass is 35.5. The second kappa shape index (κ2) is 7.58. The van der Waals surface area contributed by atoms with Crippen LogP contribution in [-0.4, -0.2) is 45.4 Å². The molecule has 0 spiro atoms. The predicted octanol–water partition coefficient (Wildman–Crippen LogP) is 3.71. The Hall–Kier alpha value is -2.75. The normalized spacial score (nSPS) is 12.1. The zero-order valence-electron chi connectivity index (χ0n) is 15.9. The van der Waals surface area contributed by atoms with Gasteiger partial charge < -0.3 is 5.32 Å². The lowest BCUT2D eigenvalue weighted by molar-refractivity contribution is 0.445. The number of nitrogens with zero attached hydrogens (tertiary/aromatic N) is 5. The summed E-state index contributed by atoms with van der Waals surface area (Å²) in [5, 5.41) is 11.9. The van der Waals surface area contributed by atoms with Crippen LogP contribution >= 0.6 is 11.6 Å². The van der Waals surface area contributed by atoms with Gasteiger partial charge in [-0.05, 0) is 42.5 Å². The van der Waals surface area contributed by atoms with Crippen molar-refractivity contribution in [3.05, 3.63) is 53.8 Å². The first-order valence-corrected chi connectivity index (χ1v) is 10.9. The van der Waals surface area contributed by atoms with Crippen molar-refractivity contribution in [2.45, 2.75) is 18.7 Å². The number of anilines is 2. The Labute approximate surface area is 173 Å². The van der Waals surface area contributed by atoms with Crippen molar-refractivity contribution in [1.29, 1.82) is 0 Å². The molecule has 2 aromatic carbocycles. The van der Waals surface area contributed by atoms with Gasteiger partial charge in [-0.15, -0.1) is 10.2 Å². The van der Waals surface area contributed by atoms with Gasteiger partial charge in [-0.25, -0.2) is 13.4 Å². The molecule has 0 bridgehead atoms. The summed E-state index contributed by atoms with van der Waals surface area (Å²) in [6.07, 6.45) is 1.60. The fourth-order valence-electron chi connectivity index (χ4n) is 3.17. The van der Waals surface area contributed by atoms with E-state index in [1.807, 2.05) is 19.9 Å². The van der Waals surface area contributed by atoms with Crippen molar-refractivity contribution in [3.63, 3.8) is 0 Å². The molecule has 29 heavy (non-hydrogen) atoms. The van der Waals surface area contributed by atoms with Crippen LogP contribution in [0.25, 0.3) is 16.7 Å². The molecule has 150 valence electrons. The van der Waals surface area contributed by atoms with Crippen LogP contribution in [0.15, 0.2) is 53.7 Å². The van der Waals surface area contributed by atoms with Crippen LogP contribution in [0.4, 0.5) is 11.5 Å². The number of rotatable bonds is 6. The molecule has 0 radical (unpaired) electrons. The zero-order valence-corrected chi connectivity index (χ0v) is 17.4. The minimum Gasteiger partial charge on any atom is -0.337 e. The summed E-state index contributed by atoms with van der Waals surface area (Å²) in [5.74, 6) is 0.511. The smallest absolute Gasteiger partial charge is 0.243 e. The minimum absolute atomic E-state index is 0.250. The summed E-state index contributed by atoms with van der Waals surface area (Å²) >= 11 is 6.10. The molecule has 0 aliphatic rings. The van der Waals surface area contributed by atoms with Crippen molar-refractivity contribution < 1.29 is 8.42 Å². The van der Waals surface area contributed by atoms with E-state index in [4.69, 9.17) is 11.6 Å². The third-order valence-corrected chi connectivity index (χ3v) is 6.95. The second-order valence-corrected chi connectivity index (χ2v) is 8.73. The summed E-state index contributed by atoms with van der Waals surface area (Å²) < 4.78 is 28.5. The average molecular weight is 431 g/mol. The van der Waals surface area contributed by atoms with Gasteiger partial charge in [-0.3, -0.25) is 4.40 Å². The first-order valence-electron chi connectivity index (χ1n) is 9.10. The van der Waals surface area contributed by atoms with Gasteiger partial charge >= 0.3 is 0 Å². The summed E-state index contributed by atoms with van der Waals surface area (Å²) in [4.78, 5) is 4.87. The molecule has 2 aromatic heterocycles. The van der Waals surface area contributed by atoms with Crippen LogP contribution in [0, 0.1) is 0 Å². The van der Waals surface area contributed by atoms with Crippen molar-refractivity contribution in [1.82, 2.24) is 23.9 Å². The van der Waals surface area contributed by atoms with Crippen LogP contribution in [0.1, 0.15) is 13.8 Å². The Kier molecular flexibility index (Phi) is 5.12. The van der Waals surface area contributed by atoms with E-state index in [1.165, 1.54) is 4.31 Å². The topological polar surface area (TPSA) is 92.5 Å². The molecule has 0 aliphatic carbocycles. The quantitative estimate of drug-likeness (QED) is 0.501. The molecule has 2 heterocycles. The summed E-state index contributed by atoms with van der Waals surface area (Å²) in [5.41, 5.74) is 2.75. The maximum absolute atomic E-state index is 12.6. The van der Waals surface area contributed by atoms with Crippen LogP contribution in [-0.2, 0) is 10.0 Å². The van der Waals surface area contributed by atoms with Gasteiger partial charge in [0.1, 0.15) is 6.33 Å². The molecule has 0 unspecified atom stereocenters. The number of aromatic nitrogens is 4. The molecule has 4 rings (SSSR count). The van der Waals surface area contributed by atoms with Crippen molar-refractivity contribution in [2.24, 2.45) is 0 Å². The molecule has 8 nitrogen and oxygen atoms in total. The Morgan fingerprint density at radius 1 is 1.10 bits per heavy atom. The molecule has 1 N–H and O–H groups in total. The monoisotopic (exact) mass is 430 g/mol. The van der Waals surface area contributed by atoms with E-state index in [-0.39, 0.29) is 4.90 Å². The highest BCUT2D eigenvalue weighted by molar-refractivity contribution is 7.89. The van der Waals surface area contributed by atoms with Crippen molar-refractivity contribution >= 4 is 49.8 Å². The minimum atomic E-state index is -3.50. The third kappa shape index (κ3) is 3.52. The maximum Gasteiger partial charge on any atom is 0.243 e.